The highest BCUT2D eigenvalue weighted by molar-refractivity contribution is 14.1. The number of amides is 1. The summed E-state index contributed by atoms with van der Waals surface area (Å²) in [5.41, 5.74) is 0. The van der Waals surface area contributed by atoms with Crippen LogP contribution in [0.2, 0.25) is 0 Å². The summed E-state index contributed by atoms with van der Waals surface area (Å²) in [6.45, 7) is 3.45. The van der Waals surface area contributed by atoms with E-state index in [0.717, 1.165) is 22.5 Å². The molecular weight excluding hydrogens is 329 g/mol. The lowest BCUT2D eigenvalue weighted by Crippen LogP contribution is -2.47. The molecule has 2 aliphatic rings. The van der Waals surface area contributed by atoms with E-state index in [-0.39, 0.29) is 6.03 Å². The Bertz CT molecular complexity index is 419. The van der Waals surface area contributed by atoms with Crippen LogP contribution in [-0.2, 0) is 0 Å². The van der Waals surface area contributed by atoms with Crippen molar-refractivity contribution in [2.45, 2.75) is 18.9 Å². The molecule has 3 rings (SSSR count). The fraction of sp³-hybridized carbons (Fsp3) is 0.583. The zero-order valence-corrected chi connectivity index (χ0v) is 11.8. The van der Waals surface area contributed by atoms with Crippen molar-refractivity contribution in [3.8, 4) is 0 Å². The van der Waals surface area contributed by atoms with E-state index in [4.69, 9.17) is 0 Å². The minimum absolute atomic E-state index is 0.000385. The van der Waals surface area contributed by atoms with Crippen molar-refractivity contribution in [2.24, 2.45) is 5.92 Å². The molecule has 92 valence electrons. The van der Waals surface area contributed by atoms with Crippen LogP contribution in [0.3, 0.4) is 0 Å². The zero-order chi connectivity index (χ0) is 11.8. The van der Waals surface area contributed by atoms with Gasteiger partial charge in [0.2, 0.25) is 0 Å². The molecule has 1 unspecified atom stereocenters. The number of fused-ring (bicyclic) bond motifs is 2. The van der Waals surface area contributed by atoms with Crippen LogP contribution in [0.15, 0.2) is 18.5 Å². The fourth-order valence-electron chi connectivity index (χ4n) is 2.91. The lowest BCUT2D eigenvalue weighted by atomic mass is 9.97. The Labute approximate surface area is 114 Å². The molecule has 1 N–H and O–H groups in total. The first kappa shape index (κ1) is 11.5. The second kappa shape index (κ2) is 4.61. The third-order valence-electron chi connectivity index (χ3n) is 3.69. The Morgan fingerprint density at radius 3 is 3.06 bits per heavy atom. The molecule has 0 aliphatic carbocycles. The third-order valence-corrected chi connectivity index (χ3v) is 4.32. The summed E-state index contributed by atoms with van der Waals surface area (Å²) in [5.74, 6) is 0.791. The van der Waals surface area contributed by atoms with Gasteiger partial charge >= 0.3 is 6.03 Å². The quantitative estimate of drug-likeness (QED) is 0.788. The van der Waals surface area contributed by atoms with Crippen molar-refractivity contribution >= 4 is 28.6 Å². The molecular formula is C12H16IN3O. The molecule has 1 aromatic heterocycles. The molecule has 5 heteroatoms. The average Bonchev–Trinajstić information content (AvgIpc) is 2.85. The minimum atomic E-state index is 0.000385. The second-order valence-electron chi connectivity index (χ2n) is 5.03. The van der Waals surface area contributed by atoms with E-state index in [1.165, 1.54) is 19.5 Å². The largest absolute Gasteiger partial charge is 0.333 e. The van der Waals surface area contributed by atoms with E-state index < -0.39 is 0 Å². The number of nitrogens with one attached hydrogen (secondary N) is 1. The van der Waals surface area contributed by atoms with E-state index in [2.05, 4.69) is 32.8 Å². The Balaban J connectivity index is 1.62. The van der Waals surface area contributed by atoms with Gasteiger partial charge in [0, 0.05) is 35.1 Å². The molecule has 0 saturated carbocycles. The van der Waals surface area contributed by atoms with Gasteiger partial charge in [-0.15, -0.1) is 0 Å². The molecule has 17 heavy (non-hydrogen) atoms. The summed E-state index contributed by atoms with van der Waals surface area (Å²) >= 11 is 2.21. The Kier molecular flexibility index (Phi) is 3.12. The Morgan fingerprint density at radius 1 is 1.47 bits per heavy atom. The van der Waals surface area contributed by atoms with Crippen molar-refractivity contribution in [1.82, 2.24) is 14.8 Å². The van der Waals surface area contributed by atoms with Crippen LogP contribution in [0.1, 0.15) is 12.8 Å². The van der Waals surface area contributed by atoms with Crippen LogP contribution >= 0.6 is 22.6 Å². The van der Waals surface area contributed by atoms with Gasteiger partial charge in [-0.3, -0.25) is 4.57 Å². The summed E-state index contributed by atoms with van der Waals surface area (Å²) in [6.07, 6.45) is 6.11. The van der Waals surface area contributed by atoms with Crippen LogP contribution in [0.5, 0.6) is 0 Å². The fourth-order valence-corrected chi connectivity index (χ4v) is 3.37. The van der Waals surface area contributed by atoms with Crippen LogP contribution in [0.4, 0.5) is 4.79 Å². The summed E-state index contributed by atoms with van der Waals surface area (Å²) in [7, 11) is 0. The van der Waals surface area contributed by atoms with E-state index in [0.29, 0.717) is 6.04 Å². The standard InChI is InChI=1S/C12H16IN3O/c13-10-2-4-16(7-10)12(17)14-11-5-9-1-3-15(6-9)8-11/h2,4,7,9,11H,1,3,5-6,8H2,(H,14,17)/t9-,11-/m1/s1. The summed E-state index contributed by atoms with van der Waals surface area (Å²) in [6, 6.07) is 2.26. The van der Waals surface area contributed by atoms with Gasteiger partial charge in [0.25, 0.3) is 0 Å². The number of hydrogen-bond donors (Lipinski definition) is 1. The number of carbonyl (C=O) groups excluding carboxylic acids is 1. The molecule has 1 amide bonds. The monoisotopic (exact) mass is 345 g/mol. The second-order valence-corrected chi connectivity index (χ2v) is 6.28. The van der Waals surface area contributed by atoms with Crippen molar-refractivity contribution in [3.05, 3.63) is 22.0 Å². The third kappa shape index (κ3) is 2.49. The molecule has 0 aromatic carbocycles. The predicted molar refractivity (Wildman–Crippen MR) is 74.0 cm³/mol. The Hall–Kier alpha value is -0.560. The van der Waals surface area contributed by atoms with E-state index >= 15 is 0 Å². The predicted octanol–water partition coefficient (Wildman–Crippen LogP) is 1.74. The summed E-state index contributed by atoms with van der Waals surface area (Å²) in [5, 5.41) is 3.13. The topological polar surface area (TPSA) is 37.3 Å². The van der Waals surface area contributed by atoms with Crippen molar-refractivity contribution in [1.29, 1.82) is 0 Å². The number of aromatic nitrogens is 1. The van der Waals surface area contributed by atoms with Crippen molar-refractivity contribution < 1.29 is 4.79 Å². The van der Waals surface area contributed by atoms with Crippen molar-refractivity contribution in [3.63, 3.8) is 0 Å². The summed E-state index contributed by atoms with van der Waals surface area (Å²) < 4.78 is 2.72. The van der Waals surface area contributed by atoms with Gasteiger partial charge < -0.3 is 10.2 Å². The maximum absolute atomic E-state index is 12.0. The zero-order valence-electron chi connectivity index (χ0n) is 9.60. The number of hydrogen-bond acceptors (Lipinski definition) is 2. The molecule has 0 radical (unpaired) electrons. The molecule has 3 heterocycles. The normalized spacial score (nSPS) is 31.5. The van der Waals surface area contributed by atoms with E-state index in [1.807, 2.05) is 18.5 Å². The van der Waals surface area contributed by atoms with Gasteiger partial charge in [-0.1, -0.05) is 0 Å². The van der Waals surface area contributed by atoms with Crippen LogP contribution in [0, 0.1) is 9.49 Å². The molecule has 2 bridgehead atoms. The van der Waals surface area contributed by atoms with Gasteiger partial charge in [-0.25, -0.2) is 4.79 Å². The van der Waals surface area contributed by atoms with E-state index in [9.17, 15) is 4.79 Å². The van der Waals surface area contributed by atoms with Crippen LogP contribution < -0.4 is 5.32 Å². The molecule has 0 spiro atoms. The number of rotatable bonds is 1. The van der Waals surface area contributed by atoms with Gasteiger partial charge in [-0.05, 0) is 54.0 Å². The number of halogens is 1. The lowest BCUT2D eigenvalue weighted by Gasteiger charge is -2.30. The molecule has 1 aromatic rings. The lowest BCUT2D eigenvalue weighted by molar-refractivity contribution is 0.206. The summed E-state index contributed by atoms with van der Waals surface area (Å²) in [4.78, 5) is 14.4. The first-order chi connectivity index (χ1) is 8.20. The molecule has 3 atom stereocenters. The first-order valence-electron chi connectivity index (χ1n) is 6.07. The van der Waals surface area contributed by atoms with Gasteiger partial charge in [0.15, 0.2) is 0 Å². The number of carbonyl (C=O) groups is 1. The average molecular weight is 345 g/mol. The number of piperidine rings is 1. The highest BCUT2D eigenvalue weighted by Gasteiger charge is 2.32. The molecule has 2 aliphatic heterocycles. The smallest absolute Gasteiger partial charge is 0.325 e. The highest BCUT2D eigenvalue weighted by atomic mass is 127. The maximum atomic E-state index is 12.0. The van der Waals surface area contributed by atoms with E-state index in [1.54, 1.807) is 4.57 Å². The Morgan fingerprint density at radius 2 is 2.35 bits per heavy atom. The highest BCUT2D eigenvalue weighted by Crippen LogP contribution is 2.26. The van der Waals surface area contributed by atoms with Gasteiger partial charge in [0.1, 0.15) is 0 Å². The van der Waals surface area contributed by atoms with Crippen LogP contribution in [-0.4, -0.2) is 41.2 Å². The van der Waals surface area contributed by atoms with Gasteiger partial charge in [-0.2, -0.15) is 0 Å². The maximum Gasteiger partial charge on any atom is 0.325 e. The minimum Gasteiger partial charge on any atom is -0.333 e. The molecule has 2 saturated heterocycles. The number of nitrogens with zero attached hydrogens (tertiary/aromatic N) is 2. The SMILES string of the molecule is O=C(N[C@@H]1C[C@H]2CCN(C2)C1)n1ccc(I)c1. The van der Waals surface area contributed by atoms with Gasteiger partial charge in [0.05, 0.1) is 0 Å². The molecule has 2 fully saturated rings. The van der Waals surface area contributed by atoms with Crippen LogP contribution in [0.25, 0.3) is 0 Å². The molecule has 4 nitrogen and oxygen atoms in total. The first-order valence-corrected chi connectivity index (χ1v) is 7.15. The van der Waals surface area contributed by atoms with Crippen molar-refractivity contribution in [2.75, 3.05) is 19.6 Å².